The van der Waals surface area contributed by atoms with E-state index in [4.69, 9.17) is 10.2 Å². The van der Waals surface area contributed by atoms with Crippen molar-refractivity contribution < 1.29 is 15.0 Å². The topological polar surface area (TPSA) is 73.7 Å². The van der Waals surface area contributed by atoms with Crippen LogP contribution in [0.1, 0.15) is 17.4 Å². The Kier molecular flexibility index (Phi) is 4.05. The second-order valence-corrected chi connectivity index (χ2v) is 2.99. The van der Waals surface area contributed by atoms with Gasteiger partial charge in [0, 0.05) is 13.1 Å². The third kappa shape index (κ3) is 2.92. The zero-order valence-corrected chi connectivity index (χ0v) is 8.55. The normalized spacial score (nSPS) is 10.0. The summed E-state index contributed by atoms with van der Waals surface area (Å²) in [4.78, 5) is 16.5. The molecular weight excluding hydrogens is 196 g/mol. The summed E-state index contributed by atoms with van der Waals surface area (Å²) >= 11 is 0. The van der Waals surface area contributed by atoms with Crippen LogP contribution in [0.4, 0.5) is 5.82 Å². The number of rotatable bonds is 5. The van der Waals surface area contributed by atoms with E-state index in [-0.39, 0.29) is 12.3 Å². The summed E-state index contributed by atoms with van der Waals surface area (Å²) in [6, 6.07) is 4.82. The highest BCUT2D eigenvalue weighted by Crippen LogP contribution is 2.10. The molecule has 1 rings (SSSR count). The predicted molar refractivity (Wildman–Crippen MR) is 56.2 cm³/mol. The monoisotopic (exact) mass is 210 g/mol. The average molecular weight is 210 g/mol. The standard InChI is InChI=1S/C10H14N2O3/c1-2-12(6-7-13)9-5-3-4-8(11-9)10(14)15/h3-5,13H,2,6-7H2,1H3,(H,14,15). The van der Waals surface area contributed by atoms with Crippen LogP contribution in [0.3, 0.4) is 0 Å². The molecule has 0 spiro atoms. The first-order valence-corrected chi connectivity index (χ1v) is 4.75. The Morgan fingerprint density at radius 3 is 2.80 bits per heavy atom. The number of likely N-dealkylation sites (N-methyl/N-ethyl adjacent to an activating group) is 1. The summed E-state index contributed by atoms with van der Waals surface area (Å²) in [6.07, 6.45) is 0. The number of carboxylic acid groups (broad SMARTS) is 1. The molecule has 1 aromatic rings. The molecule has 0 atom stereocenters. The molecule has 0 saturated carbocycles. The molecule has 0 bridgehead atoms. The highest BCUT2D eigenvalue weighted by atomic mass is 16.4. The highest BCUT2D eigenvalue weighted by Gasteiger charge is 2.09. The third-order valence-corrected chi connectivity index (χ3v) is 2.03. The lowest BCUT2D eigenvalue weighted by Crippen LogP contribution is -2.27. The average Bonchev–Trinajstić information content (AvgIpc) is 2.26. The second kappa shape index (κ2) is 5.31. The fourth-order valence-electron chi connectivity index (χ4n) is 1.27. The number of aromatic nitrogens is 1. The minimum absolute atomic E-state index is 0.0175. The van der Waals surface area contributed by atoms with Crippen LogP contribution in [0.2, 0.25) is 0 Å². The van der Waals surface area contributed by atoms with Crippen LogP contribution >= 0.6 is 0 Å². The van der Waals surface area contributed by atoms with Gasteiger partial charge in [-0.15, -0.1) is 0 Å². The van der Waals surface area contributed by atoms with Crippen molar-refractivity contribution in [3.05, 3.63) is 23.9 Å². The molecule has 15 heavy (non-hydrogen) atoms. The van der Waals surface area contributed by atoms with E-state index in [0.717, 1.165) is 0 Å². The molecule has 0 unspecified atom stereocenters. The summed E-state index contributed by atoms with van der Waals surface area (Å²) in [5.74, 6) is -0.469. The maximum absolute atomic E-state index is 10.7. The number of aliphatic hydroxyl groups excluding tert-OH is 1. The van der Waals surface area contributed by atoms with E-state index in [0.29, 0.717) is 18.9 Å². The molecule has 0 radical (unpaired) electrons. The van der Waals surface area contributed by atoms with Gasteiger partial charge in [-0.05, 0) is 19.1 Å². The number of aliphatic hydroxyl groups is 1. The van der Waals surface area contributed by atoms with E-state index in [1.54, 1.807) is 12.1 Å². The van der Waals surface area contributed by atoms with Crippen molar-refractivity contribution in [3.63, 3.8) is 0 Å². The fourth-order valence-corrected chi connectivity index (χ4v) is 1.27. The second-order valence-electron chi connectivity index (χ2n) is 2.99. The molecule has 0 aliphatic carbocycles. The maximum Gasteiger partial charge on any atom is 0.354 e. The number of nitrogens with zero attached hydrogens (tertiary/aromatic N) is 2. The summed E-state index contributed by atoms with van der Waals surface area (Å²) < 4.78 is 0. The summed E-state index contributed by atoms with van der Waals surface area (Å²) in [5.41, 5.74) is 0.0175. The molecule has 1 aromatic heterocycles. The zero-order chi connectivity index (χ0) is 11.3. The van der Waals surface area contributed by atoms with Gasteiger partial charge in [-0.1, -0.05) is 6.07 Å². The van der Waals surface area contributed by atoms with Gasteiger partial charge in [-0.25, -0.2) is 9.78 Å². The number of hydrogen-bond donors (Lipinski definition) is 2. The molecule has 0 aliphatic heterocycles. The quantitative estimate of drug-likeness (QED) is 0.744. The van der Waals surface area contributed by atoms with Crippen molar-refractivity contribution >= 4 is 11.8 Å². The Hall–Kier alpha value is -1.62. The Labute approximate surface area is 88.0 Å². The van der Waals surface area contributed by atoms with Crippen molar-refractivity contribution in [2.45, 2.75) is 6.92 Å². The first kappa shape index (κ1) is 11.5. The molecule has 0 aliphatic rings. The van der Waals surface area contributed by atoms with Crippen LogP contribution < -0.4 is 4.90 Å². The molecule has 0 saturated heterocycles. The van der Waals surface area contributed by atoms with Crippen LogP contribution in [0.25, 0.3) is 0 Å². The lowest BCUT2D eigenvalue weighted by molar-refractivity contribution is 0.0690. The number of anilines is 1. The van der Waals surface area contributed by atoms with Crippen LogP contribution in [0.5, 0.6) is 0 Å². The Morgan fingerprint density at radius 2 is 2.27 bits per heavy atom. The van der Waals surface area contributed by atoms with Crippen molar-refractivity contribution in [2.75, 3.05) is 24.6 Å². The smallest absolute Gasteiger partial charge is 0.354 e. The number of pyridine rings is 1. The number of aromatic carboxylic acids is 1. The largest absolute Gasteiger partial charge is 0.477 e. The van der Waals surface area contributed by atoms with Crippen molar-refractivity contribution in [1.82, 2.24) is 4.98 Å². The SMILES string of the molecule is CCN(CCO)c1cccc(C(=O)O)n1. The van der Waals surface area contributed by atoms with E-state index >= 15 is 0 Å². The predicted octanol–water partition coefficient (Wildman–Crippen LogP) is 0.598. The summed E-state index contributed by atoms with van der Waals surface area (Å²) in [7, 11) is 0. The lowest BCUT2D eigenvalue weighted by Gasteiger charge is -2.20. The number of carboxylic acids is 1. The van der Waals surface area contributed by atoms with Crippen molar-refractivity contribution in [3.8, 4) is 0 Å². The molecule has 82 valence electrons. The van der Waals surface area contributed by atoms with Gasteiger partial charge in [0.25, 0.3) is 0 Å². The van der Waals surface area contributed by atoms with E-state index in [1.807, 2.05) is 11.8 Å². The van der Waals surface area contributed by atoms with Gasteiger partial charge < -0.3 is 15.1 Å². The molecule has 0 aromatic carbocycles. The lowest BCUT2D eigenvalue weighted by atomic mass is 10.3. The minimum Gasteiger partial charge on any atom is -0.477 e. The first-order valence-electron chi connectivity index (χ1n) is 4.75. The molecule has 5 heteroatoms. The zero-order valence-electron chi connectivity index (χ0n) is 8.55. The fraction of sp³-hybridized carbons (Fsp3) is 0.400. The highest BCUT2D eigenvalue weighted by molar-refractivity contribution is 5.85. The van der Waals surface area contributed by atoms with Crippen molar-refractivity contribution in [1.29, 1.82) is 0 Å². The van der Waals surface area contributed by atoms with Crippen LogP contribution in [-0.4, -0.2) is 40.9 Å². The molecule has 0 amide bonds. The van der Waals surface area contributed by atoms with E-state index < -0.39 is 5.97 Å². The van der Waals surface area contributed by atoms with Gasteiger partial charge in [0.05, 0.1) is 6.61 Å². The van der Waals surface area contributed by atoms with Gasteiger partial charge in [-0.2, -0.15) is 0 Å². The van der Waals surface area contributed by atoms with E-state index in [9.17, 15) is 4.79 Å². The molecular formula is C10H14N2O3. The van der Waals surface area contributed by atoms with Crippen LogP contribution in [0.15, 0.2) is 18.2 Å². The molecule has 0 fully saturated rings. The first-order chi connectivity index (χ1) is 7.19. The van der Waals surface area contributed by atoms with Crippen LogP contribution in [0, 0.1) is 0 Å². The molecule has 5 nitrogen and oxygen atoms in total. The van der Waals surface area contributed by atoms with E-state index in [2.05, 4.69) is 4.98 Å². The number of carbonyl (C=O) groups is 1. The Morgan fingerprint density at radius 1 is 1.53 bits per heavy atom. The summed E-state index contributed by atoms with van der Waals surface area (Å²) in [5, 5.41) is 17.6. The summed E-state index contributed by atoms with van der Waals surface area (Å²) in [6.45, 7) is 3.07. The van der Waals surface area contributed by atoms with Gasteiger partial charge in [0.15, 0.2) is 5.69 Å². The third-order valence-electron chi connectivity index (χ3n) is 2.03. The van der Waals surface area contributed by atoms with Crippen molar-refractivity contribution in [2.24, 2.45) is 0 Å². The number of hydrogen-bond acceptors (Lipinski definition) is 4. The van der Waals surface area contributed by atoms with Gasteiger partial charge >= 0.3 is 5.97 Å². The Bertz CT molecular complexity index is 341. The van der Waals surface area contributed by atoms with Gasteiger partial charge in [-0.3, -0.25) is 0 Å². The van der Waals surface area contributed by atoms with Crippen LogP contribution in [-0.2, 0) is 0 Å². The van der Waals surface area contributed by atoms with Gasteiger partial charge in [0.1, 0.15) is 5.82 Å². The molecule has 1 heterocycles. The van der Waals surface area contributed by atoms with E-state index in [1.165, 1.54) is 6.07 Å². The Balaban J connectivity index is 2.92. The van der Waals surface area contributed by atoms with Gasteiger partial charge in [0.2, 0.25) is 0 Å². The maximum atomic E-state index is 10.7. The molecule has 2 N–H and O–H groups in total. The minimum atomic E-state index is -1.04.